The van der Waals surface area contributed by atoms with Crippen LogP contribution in [-0.4, -0.2) is 44.7 Å². The Labute approximate surface area is 185 Å². The van der Waals surface area contributed by atoms with Gasteiger partial charge in [0.2, 0.25) is 0 Å². The molecule has 0 radical (unpaired) electrons. The highest BCUT2D eigenvalue weighted by Crippen LogP contribution is 2.33. The monoisotopic (exact) mass is 437 g/mol. The van der Waals surface area contributed by atoms with Crippen molar-refractivity contribution in [2.45, 2.75) is 45.6 Å². The molecule has 3 aromatic rings. The van der Waals surface area contributed by atoms with Crippen LogP contribution in [0.25, 0.3) is 10.9 Å². The normalized spacial score (nSPS) is 18.1. The highest BCUT2D eigenvalue weighted by molar-refractivity contribution is 5.85. The van der Waals surface area contributed by atoms with Crippen molar-refractivity contribution in [3.8, 4) is 5.75 Å². The molecule has 8 heteroatoms. The van der Waals surface area contributed by atoms with E-state index >= 15 is 0 Å². The van der Waals surface area contributed by atoms with Gasteiger partial charge in [0.25, 0.3) is 5.56 Å². The molecule has 0 amide bonds. The molecule has 0 fully saturated rings. The second-order valence-electron chi connectivity index (χ2n) is 8.53. The third kappa shape index (κ3) is 3.55. The molecule has 1 aromatic carbocycles. The summed E-state index contributed by atoms with van der Waals surface area (Å²) in [6, 6.07) is 7.02. The smallest absolute Gasteiger partial charge is 0.343 e. The summed E-state index contributed by atoms with van der Waals surface area (Å²) < 4.78 is 6.62. The van der Waals surface area contributed by atoms with Crippen LogP contribution in [0.3, 0.4) is 0 Å². The fourth-order valence-electron chi connectivity index (χ4n) is 4.23. The number of carbonyl (C=O) groups is 1. The highest BCUT2D eigenvalue weighted by Gasteiger charge is 2.44. The van der Waals surface area contributed by atoms with Gasteiger partial charge in [-0.1, -0.05) is 6.92 Å². The number of benzene rings is 1. The molecule has 1 aliphatic rings. The Morgan fingerprint density at radius 3 is 2.69 bits per heavy atom. The van der Waals surface area contributed by atoms with E-state index in [0.29, 0.717) is 12.1 Å². The number of cyclic esters (lactones) is 1. The van der Waals surface area contributed by atoms with E-state index in [-0.39, 0.29) is 36.4 Å². The predicted octanol–water partition coefficient (Wildman–Crippen LogP) is 2.17. The largest absolute Gasteiger partial charge is 0.508 e. The number of carbonyl (C=O) groups excluding carboxylic acids is 1. The molecule has 4 rings (SSSR count). The van der Waals surface area contributed by atoms with Crippen molar-refractivity contribution in [3.63, 3.8) is 0 Å². The van der Waals surface area contributed by atoms with Gasteiger partial charge in [-0.05, 0) is 57.3 Å². The average Bonchev–Trinajstić information content (AvgIpc) is 2.75. The molecule has 0 saturated carbocycles. The summed E-state index contributed by atoms with van der Waals surface area (Å²) in [6.45, 7) is 4.20. The van der Waals surface area contributed by atoms with Crippen LogP contribution < -0.4 is 5.56 Å². The lowest BCUT2D eigenvalue weighted by molar-refractivity contribution is -0.172. The molecule has 32 heavy (non-hydrogen) atoms. The number of esters is 1. The van der Waals surface area contributed by atoms with E-state index in [4.69, 9.17) is 4.74 Å². The van der Waals surface area contributed by atoms with E-state index in [1.54, 1.807) is 31.3 Å². The molecule has 0 bridgehead atoms. The first-order valence-corrected chi connectivity index (χ1v) is 10.5. The van der Waals surface area contributed by atoms with Gasteiger partial charge in [-0.3, -0.25) is 9.78 Å². The second kappa shape index (κ2) is 8.03. The van der Waals surface area contributed by atoms with Crippen molar-refractivity contribution in [2.24, 2.45) is 0 Å². The van der Waals surface area contributed by atoms with Crippen molar-refractivity contribution in [1.29, 1.82) is 0 Å². The van der Waals surface area contributed by atoms with E-state index in [1.165, 1.54) is 4.57 Å². The van der Waals surface area contributed by atoms with Gasteiger partial charge in [-0.2, -0.15) is 0 Å². The number of aryl methyl sites for hydroxylation is 1. The zero-order chi connectivity index (χ0) is 23.2. The first kappa shape index (κ1) is 22.0. The Kier molecular flexibility index (Phi) is 5.52. The Bertz CT molecular complexity index is 1280. The number of pyridine rings is 2. The standard InChI is InChI=1S/C24H27N3O5/c1-5-24(31)19-8-9-27(22(29)18(19)13-32-23(24)30)11-15-10-16-17(12-26(3)4)21(28)7-6-20(16)25-14(15)2/h6-10,28,31H,5,11-13H2,1-4H3/t24-/m0/s1. The fraction of sp³-hybridized carbons (Fsp3) is 0.375. The molecule has 1 aliphatic heterocycles. The van der Waals surface area contributed by atoms with Crippen LogP contribution in [0.5, 0.6) is 5.75 Å². The van der Waals surface area contributed by atoms with E-state index < -0.39 is 11.6 Å². The van der Waals surface area contributed by atoms with Crippen LogP contribution in [0, 0.1) is 6.92 Å². The van der Waals surface area contributed by atoms with E-state index in [1.807, 2.05) is 32.0 Å². The molecule has 0 aliphatic carbocycles. The van der Waals surface area contributed by atoms with Gasteiger partial charge >= 0.3 is 5.97 Å². The molecule has 0 spiro atoms. The Morgan fingerprint density at radius 2 is 2.00 bits per heavy atom. The number of phenols is 1. The third-order valence-corrected chi connectivity index (χ3v) is 6.10. The second-order valence-corrected chi connectivity index (χ2v) is 8.53. The van der Waals surface area contributed by atoms with Gasteiger partial charge in [0.15, 0.2) is 5.60 Å². The first-order chi connectivity index (χ1) is 15.2. The molecule has 8 nitrogen and oxygen atoms in total. The lowest BCUT2D eigenvalue weighted by atomic mass is 9.87. The summed E-state index contributed by atoms with van der Waals surface area (Å²) in [6.07, 6.45) is 1.71. The summed E-state index contributed by atoms with van der Waals surface area (Å²) in [7, 11) is 3.86. The van der Waals surface area contributed by atoms with Crippen LogP contribution >= 0.6 is 0 Å². The van der Waals surface area contributed by atoms with Crippen LogP contribution in [0.15, 0.2) is 35.3 Å². The summed E-state index contributed by atoms with van der Waals surface area (Å²) in [5.74, 6) is -0.526. The first-order valence-electron chi connectivity index (χ1n) is 10.5. The quantitative estimate of drug-likeness (QED) is 0.590. The number of aliphatic hydroxyl groups is 1. The number of fused-ring (bicyclic) bond motifs is 2. The maximum atomic E-state index is 13.2. The number of nitrogens with zero attached hydrogens (tertiary/aromatic N) is 3. The van der Waals surface area contributed by atoms with Crippen LogP contribution in [0.1, 0.15) is 41.3 Å². The van der Waals surface area contributed by atoms with Crippen molar-refractivity contribution in [1.82, 2.24) is 14.5 Å². The van der Waals surface area contributed by atoms with Crippen LogP contribution in [-0.2, 0) is 34.8 Å². The molecule has 2 N–H and O–H groups in total. The Balaban J connectivity index is 1.80. The van der Waals surface area contributed by atoms with Gasteiger partial charge in [0.05, 0.1) is 17.6 Å². The van der Waals surface area contributed by atoms with Crippen molar-refractivity contribution in [2.75, 3.05) is 14.1 Å². The maximum absolute atomic E-state index is 13.2. The predicted molar refractivity (Wildman–Crippen MR) is 119 cm³/mol. The number of hydrogen-bond acceptors (Lipinski definition) is 7. The van der Waals surface area contributed by atoms with Crippen molar-refractivity contribution in [3.05, 3.63) is 68.8 Å². The molecule has 2 aromatic heterocycles. The van der Waals surface area contributed by atoms with Crippen molar-refractivity contribution < 1.29 is 19.7 Å². The number of rotatable bonds is 5. The van der Waals surface area contributed by atoms with Gasteiger partial charge in [0.1, 0.15) is 12.4 Å². The molecule has 0 saturated heterocycles. The van der Waals surface area contributed by atoms with Crippen molar-refractivity contribution >= 4 is 16.9 Å². The molecular weight excluding hydrogens is 410 g/mol. The summed E-state index contributed by atoms with van der Waals surface area (Å²) in [5.41, 5.74) is 1.65. The summed E-state index contributed by atoms with van der Waals surface area (Å²) in [4.78, 5) is 31.9. The molecule has 1 atom stereocenters. The average molecular weight is 437 g/mol. The third-order valence-electron chi connectivity index (χ3n) is 6.10. The van der Waals surface area contributed by atoms with Gasteiger partial charge in [0, 0.05) is 34.9 Å². The maximum Gasteiger partial charge on any atom is 0.343 e. The number of phenolic OH excluding ortho intramolecular Hbond substituents is 1. The minimum Gasteiger partial charge on any atom is -0.508 e. The Hall–Kier alpha value is -3.23. The van der Waals surface area contributed by atoms with Gasteiger partial charge < -0.3 is 24.4 Å². The van der Waals surface area contributed by atoms with Gasteiger partial charge in [-0.25, -0.2) is 4.79 Å². The molecular formula is C24H27N3O5. The minimum atomic E-state index is -1.80. The van der Waals surface area contributed by atoms with Gasteiger partial charge in [-0.15, -0.1) is 0 Å². The summed E-state index contributed by atoms with van der Waals surface area (Å²) in [5, 5.41) is 22.0. The van der Waals surface area contributed by atoms with Crippen LogP contribution in [0.2, 0.25) is 0 Å². The lowest BCUT2D eigenvalue weighted by Gasteiger charge is -2.31. The summed E-state index contributed by atoms with van der Waals surface area (Å²) >= 11 is 0. The zero-order valence-corrected chi connectivity index (χ0v) is 18.7. The number of aromatic nitrogens is 2. The topological polar surface area (TPSA) is 105 Å². The lowest BCUT2D eigenvalue weighted by Crippen LogP contribution is -2.44. The van der Waals surface area contributed by atoms with Crippen LogP contribution in [0.4, 0.5) is 0 Å². The molecule has 0 unspecified atom stereocenters. The minimum absolute atomic E-state index is 0.119. The number of hydrogen-bond donors (Lipinski definition) is 2. The number of aromatic hydroxyl groups is 1. The zero-order valence-electron chi connectivity index (χ0n) is 18.7. The SMILES string of the molecule is CC[C@@]1(O)C(=O)OCc2c1ccn(Cc1cc3c(CN(C)C)c(O)ccc3nc1C)c2=O. The highest BCUT2D eigenvalue weighted by atomic mass is 16.6. The molecule has 3 heterocycles. The van der Waals surface area contributed by atoms with E-state index in [0.717, 1.165) is 27.7 Å². The van der Waals surface area contributed by atoms with E-state index in [2.05, 4.69) is 4.98 Å². The van der Waals surface area contributed by atoms with E-state index in [9.17, 15) is 19.8 Å². The Morgan fingerprint density at radius 1 is 1.25 bits per heavy atom. The molecule has 168 valence electrons. The number of ether oxygens (including phenoxy) is 1. The fourth-order valence-corrected chi connectivity index (χ4v) is 4.23.